The zero-order valence-electron chi connectivity index (χ0n) is 4.16. The van der Waals surface area contributed by atoms with Gasteiger partial charge in [-0.15, -0.1) is 0 Å². The molecule has 1 fully saturated rings. The van der Waals surface area contributed by atoms with E-state index in [0.717, 1.165) is 0 Å². The molecule has 3 heteroatoms. The van der Waals surface area contributed by atoms with Crippen LogP contribution in [0.2, 0.25) is 0 Å². The van der Waals surface area contributed by atoms with E-state index in [4.69, 9.17) is 27.9 Å². The van der Waals surface area contributed by atoms with E-state index < -0.39 is 4.52 Å². The van der Waals surface area contributed by atoms with Crippen LogP contribution >= 0.6 is 23.2 Å². The fraction of sp³-hybridized carbons (Fsp3) is 1.00. The summed E-state index contributed by atoms with van der Waals surface area (Å²) >= 11 is 11.0. The Balaban J connectivity index is 2.59. The molecule has 7 heavy (non-hydrogen) atoms. The maximum atomic E-state index is 5.48. The summed E-state index contributed by atoms with van der Waals surface area (Å²) in [5, 5.41) is 0. The van der Waals surface area contributed by atoms with Crippen molar-refractivity contribution in [3.05, 3.63) is 0 Å². The lowest BCUT2D eigenvalue weighted by atomic mass is 10.3. The predicted molar refractivity (Wildman–Crippen MR) is 29.6 cm³/mol. The van der Waals surface area contributed by atoms with Gasteiger partial charge in [0.05, 0.1) is 0 Å². The van der Waals surface area contributed by atoms with Crippen LogP contribution in [0.15, 0.2) is 0 Å². The van der Waals surface area contributed by atoms with Crippen molar-refractivity contribution in [1.29, 1.82) is 0 Å². The molecule has 1 nitrogen and oxygen atoms in total. The normalized spacial score (nSPS) is 32.6. The highest BCUT2D eigenvalue weighted by molar-refractivity contribution is 6.50. The van der Waals surface area contributed by atoms with E-state index in [9.17, 15) is 0 Å². The van der Waals surface area contributed by atoms with Crippen molar-refractivity contribution in [3.63, 3.8) is 0 Å². The first kappa shape index (κ1) is 5.67. The molecule has 0 amide bonds. The molecule has 0 radical (unpaired) electrons. The zero-order valence-corrected chi connectivity index (χ0v) is 5.68. The van der Waals surface area contributed by atoms with Crippen LogP contribution in [0.4, 0.5) is 0 Å². The molecule has 1 saturated heterocycles. The van der Waals surface area contributed by atoms with Crippen LogP contribution in [-0.2, 0) is 4.74 Å². The summed E-state index contributed by atoms with van der Waals surface area (Å²) in [6.07, 6.45) is 0. The smallest absolute Gasteiger partial charge is 0.247 e. The van der Waals surface area contributed by atoms with Crippen molar-refractivity contribution in [2.24, 2.45) is 0 Å². The van der Waals surface area contributed by atoms with E-state index in [1.165, 1.54) is 0 Å². The summed E-state index contributed by atoms with van der Waals surface area (Å²) < 4.78 is 3.91. The highest BCUT2D eigenvalue weighted by Gasteiger charge is 2.62. The van der Waals surface area contributed by atoms with Gasteiger partial charge in [-0.1, -0.05) is 23.2 Å². The van der Waals surface area contributed by atoms with E-state index in [1.807, 2.05) is 13.8 Å². The van der Waals surface area contributed by atoms with Gasteiger partial charge in [-0.3, -0.25) is 0 Å². The fourth-order valence-electron chi connectivity index (χ4n) is 0.295. The first-order chi connectivity index (χ1) is 2.96. The molecule has 0 spiro atoms. The molecule has 1 rings (SSSR count). The van der Waals surface area contributed by atoms with Gasteiger partial charge >= 0.3 is 0 Å². The lowest BCUT2D eigenvalue weighted by Gasteiger charge is -1.90. The van der Waals surface area contributed by atoms with Crippen molar-refractivity contribution in [3.8, 4) is 0 Å². The third kappa shape index (κ3) is 0.735. The molecule has 0 unspecified atom stereocenters. The average molecular weight is 141 g/mol. The van der Waals surface area contributed by atoms with Gasteiger partial charge in [-0.05, 0) is 13.8 Å². The monoisotopic (exact) mass is 140 g/mol. The number of hydrogen-bond acceptors (Lipinski definition) is 1. The van der Waals surface area contributed by atoms with Gasteiger partial charge in [-0.2, -0.15) is 0 Å². The van der Waals surface area contributed by atoms with Gasteiger partial charge in [0.15, 0.2) is 0 Å². The molecule has 1 aliphatic rings. The summed E-state index contributed by atoms with van der Waals surface area (Å²) in [5.41, 5.74) is -0.323. The van der Waals surface area contributed by atoms with E-state index >= 15 is 0 Å². The minimum atomic E-state index is -0.910. The Hall–Kier alpha value is 0.540. The van der Waals surface area contributed by atoms with Crippen LogP contribution in [0.25, 0.3) is 0 Å². The van der Waals surface area contributed by atoms with E-state index in [0.29, 0.717) is 0 Å². The second-order valence-corrected chi connectivity index (χ2v) is 3.39. The van der Waals surface area contributed by atoms with Crippen molar-refractivity contribution in [2.75, 3.05) is 0 Å². The number of rotatable bonds is 0. The van der Waals surface area contributed by atoms with Crippen LogP contribution in [0.5, 0.6) is 0 Å². The fourth-order valence-corrected chi connectivity index (χ4v) is 0.681. The Kier molecular flexibility index (Phi) is 0.887. The predicted octanol–water partition coefficient (Wildman–Crippen LogP) is 1.93. The van der Waals surface area contributed by atoms with Crippen molar-refractivity contribution >= 4 is 23.2 Å². The summed E-state index contributed by atoms with van der Waals surface area (Å²) in [4.78, 5) is 0. The second-order valence-electron chi connectivity index (χ2n) is 2.13. The van der Waals surface area contributed by atoms with Gasteiger partial charge < -0.3 is 4.74 Å². The van der Waals surface area contributed by atoms with Crippen molar-refractivity contribution in [1.82, 2.24) is 0 Å². The van der Waals surface area contributed by atoms with E-state index in [2.05, 4.69) is 0 Å². The van der Waals surface area contributed by atoms with Crippen LogP contribution < -0.4 is 0 Å². The molecule has 1 aliphatic heterocycles. The van der Waals surface area contributed by atoms with Gasteiger partial charge in [0.2, 0.25) is 4.52 Å². The van der Waals surface area contributed by atoms with Gasteiger partial charge in [0.1, 0.15) is 5.60 Å². The third-order valence-electron chi connectivity index (χ3n) is 1.04. The van der Waals surface area contributed by atoms with Gasteiger partial charge in [0, 0.05) is 0 Å². The zero-order chi connectivity index (χ0) is 5.71. The Morgan fingerprint density at radius 3 is 1.43 bits per heavy atom. The number of epoxide rings is 1. The number of hydrogen-bond donors (Lipinski definition) is 0. The maximum absolute atomic E-state index is 5.48. The molecule has 1 heterocycles. The average Bonchev–Trinajstić information content (AvgIpc) is 1.63. The Labute approximate surface area is 52.5 Å². The Bertz CT molecular complexity index is 85.9. The number of ether oxygens (including phenoxy) is 1. The summed E-state index contributed by atoms with van der Waals surface area (Å²) in [6.45, 7) is 3.68. The van der Waals surface area contributed by atoms with Gasteiger partial charge in [-0.25, -0.2) is 0 Å². The van der Waals surface area contributed by atoms with Crippen molar-refractivity contribution in [2.45, 2.75) is 24.0 Å². The quantitative estimate of drug-likeness (QED) is 0.371. The highest BCUT2D eigenvalue weighted by Crippen LogP contribution is 2.53. The molecule has 0 atom stereocenters. The minimum Gasteiger partial charge on any atom is -0.332 e. The highest BCUT2D eigenvalue weighted by atomic mass is 35.5. The molecule has 0 saturated carbocycles. The molecule has 0 aromatic rings. The molecule has 0 N–H and O–H groups in total. The molecule has 0 aromatic heterocycles. The molecule has 0 bridgehead atoms. The standard InChI is InChI=1S/C4H6Cl2O/c1-3(2)4(5,6)7-3/h1-2H3. The first-order valence-corrected chi connectivity index (χ1v) is 2.79. The maximum Gasteiger partial charge on any atom is 0.247 e. The number of alkyl halides is 2. The van der Waals surface area contributed by atoms with Crippen LogP contribution in [0.3, 0.4) is 0 Å². The van der Waals surface area contributed by atoms with Crippen LogP contribution in [0, 0.1) is 0 Å². The topological polar surface area (TPSA) is 12.5 Å². The van der Waals surface area contributed by atoms with Gasteiger partial charge in [0.25, 0.3) is 0 Å². The minimum absolute atomic E-state index is 0.323. The summed E-state index contributed by atoms with van der Waals surface area (Å²) in [7, 11) is 0. The lowest BCUT2D eigenvalue weighted by molar-refractivity contribution is 0.332. The first-order valence-electron chi connectivity index (χ1n) is 2.04. The largest absolute Gasteiger partial charge is 0.332 e. The molecule has 42 valence electrons. The van der Waals surface area contributed by atoms with E-state index in [1.54, 1.807) is 0 Å². The third-order valence-corrected chi connectivity index (χ3v) is 2.11. The Morgan fingerprint density at radius 1 is 1.29 bits per heavy atom. The molecule has 0 aliphatic carbocycles. The second kappa shape index (κ2) is 1.09. The Morgan fingerprint density at radius 2 is 1.43 bits per heavy atom. The SMILES string of the molecule is CC1(C)OC1(Cl)Cl. The van der Waals surface area contributed by atoms with Crippen LogP contribution in [0.1, 0.15) is 13.8 Å². The molecular weight excluding hydrogens is 135 g/mol. The molecular formula is C4H6Cl2O. The summed E-state index contributed by atoms with van der Waals surface area (Å²) in [6, 6.07) is 0. The van der Waals surface area contributed by atoms with Crippen molar-refractivity contribution < 1.29 is 4.74 Å². The molecule has 0 aromatic carbocycles. The summed E-state index contributed by atoms with van der Waals surface area (Å²) in [5.74, 6) is 0. The van der Waals surface area contributed by atoms with E-state index in [-0.39, 0.29) is 5.60 Å². The number of halogens is 2. The lowest BCUT2D eigenvalue weighted by Crippen LogP contribution is -2.04. The van der Waals surface area contributed by atoms with Crippen LogP contribution in [-0.4, -0.2) is 10.1 Å².